The average Bonchev–Trinajstić information content (AvgIpc) is 3.47. The summed E-state index contributed by atoms with van der Waals surface area (Å²) in [5.41, 5.74) is 1.40. The first-order chi connectivity index (χ1) is 13.4. The number of fused-ring (bicyclic) bond motifs is 1. The predicted molar refractivity (Wildman–Crippen MR) is 105 cm³/mol. The van der Waals surface area contributed by atoms with E-state index >= 15 is 0 Å². The molecule has 2 atom stereocenters. The van der Waals surface area contributed by atoms with Crippen molar-refractivity contribution in [1.82, 2.24) is 14.9 Å². The number of hydrogen-bond donors (Lipinski definition) is 1. The minimum Gasteiger partial charge on any atom is -0.333 e. The van der Waals surface area contributed by atoms with Crippen LogP contribution in [0.4, 0.5) is 4.39 Å². The van der Waals surface area contributed by atoms with Crippen molar-refractivity contribution in [1.29, 1.82) is 0 Å². The molecule has 2 unspecified atom stereocenters. The molecule has 2 aromatic carbocycles. The maximum Gasteiger partial charge on any atom is 0.258 e. The molecule has 3 aromatic rings. The Hall–Kier alpha value is -3.02. The molecule has 4 rings (SSSR count). The lowest BCUT2D eigenvalue weighted by Crippen LogP contribution is -2.38. The van der Waals surface area contributed by atoms with E-state index < -0.39 is 0 Å². The highest BCUT2D eigenvalue weighted by Crippen LogP contribution is 2.48. The summed E-state index contributed by atoms with van der Waals surface area (Å²) in [6, 6.07) is 13.5. The van der Waals surface area contributed by atoms with Gasteiger partial charge in [-0.2, -0.15) is 0 Å². The quantitative estimate of drug-likeness (QED) is 0.737. The smallest absolute Gasteiger partial charge is 0.258 e. The van der Waals surface area contributed by atoms with Gasteiger partial charge in [0.2, 0.25) is 5.91 Å². The molecule has 1 aromatic heterocycles. The van der Waals surface area contributed by atoms with E-state index in [1.54, 1.807) is 35.2 Å². The van der Waals surface area contributed by atoms with E-state index in [0.29, 0.717) is 16.7 Å². The van der Waals surface area contributed by atoms with Crippen LogP contribution >= 0.6 is 0 Å². The molecule has 1 saturated carbocycles. The topological polar surface area (TPSA) is 66.1 Å². The third kappa shape index (κ3) is 3.54. The second-order valence-corrected chi connectivity index (χ2v) is 7.59. The Morgan fingerprint density at radius 1 is 1.21 bits per heavy atom. The van der Waals surface area contributed by atoms with Gasteiger partial charge in [0.15, 0.2) is 0 Å². The van der Waals surface area contributed by atoms with Crippen LogP contribution in [0.5, 0.6) is 0 Å². The van der Waals surface area contributed by atoms with Crippen LogP contribution in [0.3, 0.4) is 0 Å². The Kier molecular flexibility index (Phi) is 4.71. The summed E-state index contributed by atoms with van der Waals surface area (Å²) >= 11 is 0. The number of carbonyl (C=O) groups is 1. The fraction of sp³-hybridized carbons (Fsp3) is 0.318. The number of hydrogen-bond acceptors (Lipinski definition) is 3. The van der Waals surface area contributed by atoms with Crippen molar-refractivity contribution in [3.63, 3.8) is 0 Å². The van der Waals surface area contributed by atoms with Crippen molar-refractivity contribution in [2.24, 2.45) is 5.92 Å². The van der Waals surface area contributed by atoms with E-state index in [9.17, 15) is 14.0 Å². The molecular weight excluding hydrogens is 357 g/mol. The average molecular weight is 379 g/mol. The third-order valence-electron chi connectivity index (χ3n) is 5.29. The van der Waals surface area contributed by atoms with Gasteiger partial charge in [-0.15, -0.1) is 0 Å². The molecule has 5 nitrogen and oxygen atoms in total. The highest BCUT2D eigenvalue weighted by atomic mass is 19.1. The number of H-pyrrole nitrogens is 1. The molecule has 144 valence electrons. The second kappa shape index (κ2) is 7.19. The van der Waals surface area contributed by atoms with Gasteiger partial charge in [0.25, 0.3) is 5.56 Å². The number of para-hydroxylation sites is 1. The maximum atomic E-state index is 13.1. The fourth-order valence-electron chi connectivity index (χ4n) is 3.65. The molecule has 6 heteroatoms. The number of amides is 1. The van der Waals surface area contributed by atoms with E-state index in [0.717, 1.165) is 12.0 Å². The lowest BCUT2D eigenvalue weighted by Gasteiger charge is -2.26. The van der Waals surface area contributed by atoms with Crippen LogP contribution in [-0.4, -0.2) is 26.8 Å². The van der Waals surface area contributed by atoms with E-state index in [1.807, 2.05) is 19.9 Å². The maximum absolute atomic E-state index is 13.1. The summed E-state index contributed by atoms with van der Waals surface area (Å²) < 4.78 is 13.1. The lowest BCUT2D eigenvalue weighted by molar-refractivity contribution is -0.135. The number of halogens is 1. The first kappa shape index (κ1) is 18.3. The number of nitrogens with one attached hydrogen (secondary N) is 1. The van der Waals surface area contributed by atoms with Crippen molar-refractivity contribution >= 4 is 16.8 Å². The summed E-state index contributed by atoms with van der Waals surface area (Å²) in [7, 11) is 0. The Morgan fingerprint density at radius 3 is 2.64 bits per heavy atom. The van der Waals surface area contributed by atoms with Gasteiger partial charge >= 0.3 is 0 Å². The molecule has 1 heterocycles. The van der Waals surface area contributed by atoms with Crippen molar-refractivity contribution in [3.05, 3.63) is 76.1 Å². The number of benzene rings is 2. The highest BCUT2D eigenvalue weighted by molar-refractivity contribution is 5.83. The summed E-state index contributed by atoms with van der Waals surface area (Å²) in [4.78, 5) is 34.4. The fourth-order valence-corrected chi connectivity index (χ4v) is 3.65. The summed E-state index contributed by atoms with van der Waals surface area (Å²) in [5, 5.41) is 0.534. The molecule has 0 radical (unpaired) electrons. The summed E-state index contributed by atoms with van der Waals surface area (Å²) in [6.07, 6.45) is 0.759. The van der Waals surface area contributed by atoms with Crippen LogP contribution in [0.25, 0.3) is 10.9 Å². The van der Waals surface area contributed by atoms with Crippen molar-refractivity contribution in [2.75, 3.05) is 0 Å². The van der Waals surface area contributed by atoms with Gasteiger partial charge in [0, 0.05) is 12.0 Å². The number of aromatic amines is 1. The number of aromatic nitrogens is 2. The molecule has 1 aliphatic carbocycles. The predicted octanol–water partition coefficient (Wildman–Crippen LogP) is 3.60. The molecule has 0 bridgehead atoms. The first-order valence-electron chi connectivity index (χ1n) is 9.48. The van der Waals surface area contributed by atoms with Crippen molar-refractivity contribution in [3.8, 4) is 0 Å². The zero-order chi connectivity index (χ0) is 19.8. The molecular formula is C22H22FN3O2. The lowest BCUT2D eigenvalue weighted by atomic mass is 10.1. The summed E-state index contributed by atoms with van der Waals surface area (Å²) in [5.74, 6) is 0.255. The van der Waals surface area contributed by atoms with Crippen molar-refractivity contribution in [2.45, 2.75) is 38.8 Å². The number of nitrogens with zero attached hydrogens (tertiary/aromatic N) is 2. The van der Waals surface area contributed by atoms with E-state index in [1.165, 1.54) is 12.1 Å². The van der Waals surface area contributed by atoms with Crippen molar-refractivity contribution < 1.29 is 9.18 Å². The van der Waals surface area contributed by atoms with Crippen LogP contribution in [0.15, 0.2) is 53.3 Å². The van der Waals surface area contributed by atoms with Crippen LogP contribution in [0, 0.1) is 11.7 Å². The number of carbonyl (C=O) groups excluding carboxylic acids is 1. The monoisotopic (exact) mass is 379 g/mol. The SMILES string of the molecule is CC(C)N(Cc1nc2ccccc2c(=O)[nH]1)C(=O)C1CC1c1ccc(F)cc1. The van der Waals surface area contributed by atoms with Crippen LogP contribution in [0.2, 0.25) is 0 Å². The summed E-state index contributed by atoms with van der Waals surface area (Å²) in [6.45, 7) is 4.15. The normalized spacial score (nSPS) is 18.4. The standard InChI is InChI=1S/C22H22FN3O2/c1-13(2)26(12-20-24-19-6-4-3-5-16(19)21(27)25-20)22(28)18-11-17(18)14-7-9-15(23)10-8-14/h3-10,13,17-18H,11-12H2,1-2H3,(H,24,25,27). The van der Waals surface area contributed by atoms with Gasteiger partial charge in [0.05, 0.1) is 17.4 Å². The van der Waals surface area contributed by atoms with Crippen LogP contribution in [-0.2, 0) is 11.3 Å². The molecule has 0 saturated heterocycles. The minimum absolute atomic E-state index is 0.0289. The van der Waals surface area contributed by atoms with Gasteiger partial charge in [-0.3, -0.25) is 9.59 Å². The van der Waals surface area contributed by atoms with Gasteiger partial charge in [-0.25, -0.2) is 9.37 Å². The molecule has 1 N–H and O–H groups in total. The highest BCUT2D eigenvalue weighted by Gasteiger charge is 2.46. The zero-order valence-electron chi connectivity index (χ0n) is 15.9. The molecule has 1 aliphatic rings. The first-order valence-corrected chi connectivity index (χ1v) is 9.48. The van der Waals surface area contributed by atoms with Gasteiger partial charge < -0.3 is 9.88 Å². The van der Waals surface area contributed by atoms with E-state index in [2.05, 4.69) is 9.97 Å². The Labute approximate surface area is 162 Å². The molecule has 0 spiro atoms. The minimum atomic E-state index is -0.276. The van der Waals surface area contributed by atoms with E-state index in [4.69, 9.17) is 0 Å². The molecule has 1 amide bonds. The third-order valence-corrected chi connectivity index (χ3v) is 5.29. The van der Waals surface area contributed by atoms with Gasteiger partial charge in [-0.1, -0.05) is 24.3 Å². The van der Waals surface area contributed by atoms with E-state index in [-0.39, 0.29) is 41.7 Å². The Morgan fingerprint density at radius 2 is 1.93 bits per heavy atom. The number of rotatable bonds is 5. The molecule has 0 aliphatic heterocycles. The molecule has 1 fully saturated rings. The zero-order valence-corrected chi connectivity index (χ0v) is 15.9. The van der Waals surface area contributed by atoms with Gasteiger partial charge in [-0.05, 0) is 56.0 Å². The van der Waals surface area contributed by atoms with Crippen LogP contribution in [0.1, 0.15) is 37.6 Å². The Bertz CT molecular complexity index is 1080. The largest absolute Gasteiger partial charge is 0.333 e. The Balaban J connectivity index is 1.54. The van der Waals surface area contributed by atoms with Gasteiger partial charge in [0.1, 0.15) is 11.6 Å². The molecule has 28 heavy (non-hydrogen) atoms. The second-order valence-electron chi connectivity index (χ2n) is 7.59. The van der Waals surface area contributed by atoms with Crippen LogP contribution < -0.4 is 5.56 Å².